The average molecular weight is 401 g/mol. The van der Waals surface area contributed by atoms with E-state index in [2.05, 4.69) is 21.2 Å². The van der Waals surface area contributed by atoms with Crippen molar-refractivity contribution in [3.8, 4) is 0 Å². The highest BCUT2D eigenvalue weighted by Gasteiger charge is 2.25. The second-order valence-electron chi connectivity index (χ2n) is 4.94. The molecule has 21 heavy (non-hydrogen) atoms. The Kier molecular flexibility index (Phi) is 6.19. The van der Waals surface area contributed by atoms with Gasteiger partial charge in [-0.1, -0.05) is 36.7 Å². The molecule has 1 rings (SSSR count). The molecule has 0 aliphatic carbocycles. The van der Waals surface area contributed by atoms with Crippen LogP contribution in [0, 0.1) is 11.7 Å². The number of benzene rings is 1. The minimum atomic E-state index is -4.28. The largest absolute Gasteiger partial charge is 0.349 e. The lowest BCUT2D eigenvalue weighted by molar-refractivity contribution is 0.0920. The Hall–Kier alpha value is -0.660. The first-order valence-corrected chi connectivity index (χ1v) is 9.42. The average Bonchev–Trinajstić information content (AvgIpc) is 2.36. The van der Waals surface area contributed by atoms with Gasteiger partial charge in [-0.2, -0.15) is 0 Å². The molecular weight excluding hydrogens is 385 g/mol. The molecule has 0 bridgehead atoms. The fraction of sp³-hybridized carbons (Fsp3) is 0.462. The van der Waals surface area contributed by atoms with Crippen LogP contribution in [0.4, 0.5) is 4.39 Å². The number of hydrogen-bond donors (Lipinski definition) is 1. The molecule has 0 aliphatic rings. The Labute approximate surface area is 136 Å². The summed E-state index contributed by atoms with van der Waals surface area (Å²) in [4.78, 5) is 11.4. The molecule has 0 saturated carbocycles. The lowest BCUT2D eigenvalue weighted by atomic mass is 10.0. The molecule has 1 N–H and O–H groups in total. The van der Waals surface area contributed by atoms with Crippen molar-refractivity contribution in [1.82, 2.24) is 5.32 Å². The van der Waals surface area contributed by atoms with Gasteiger partial charge in [0.2, 0.25) is 0 Å². The van der Waals surface area contributed by atoms with Crippen LogP contribution in [-0.2, 0) is 9.05 Å². The molecule has 1 unspecified atom stereocenters. The van der Waals surface area contributed by atoms with E-state index in [-0.39, 0.29) is 22.0 Å². The molecule has 1 aromatic carbocycles. The van der Waals surface area contributed by atoms with Gasteiger partial charge in [-0.3, -0.25) is 4.79 Å². The zero-order valence-electron chi connectivity index (χ0n) is 11.8. The van der Waals surface area contributed by atoms with E-state index in [1.807, 2.05) is 20.8 Å². The van der Waals surface area contributed by atoms with Crippen molar-refractivity contribution in [2.45, 2.75) is 38.1 Å². The maximum atomic E-state index is 14.2. The van der Waals surface area contributed by atoms with Crippen LogP contribution in [0.1, 0.15) is 37.6 Å². The fourth-order valence-electron chi connectivity index (χ4n) is 1.89. The van der Waals surface area contributed by atoms with E-state index in [1.165, 1.54) is 6.07 Å². The summed E-state index contributed by atoms with van der Waals surface area (Å²) in [6.07, 6.45) is 0.680. The van der Waals surface area contributed by atoms with Crippen LogP contribution in [0.2, 0.25) is 0 Å². The molecular formula is C13H16BrClFNO3S. The van der Waals surface area contributed by atoms with Crippen molar-refractivity contribution in [3.05, 3.63) is 28.0 Å². The third-order valence-corrected chi connectivity index (χ3v) is 4.85. The van der Waals surface area contributed by atoms with Gasteiger partial charge in [-0.15, -0.1) is 0 Å². The van der Waals surface area contributed by atoms with Crippen LogP contribution in [0.5, 0.6) is 0 Å². The third kappa shape index (κ3) is 4.66. The monoisotopic (exact) mass is 399 g/mol. The Balaban J connectivity index is 3.25. The van der Waals surface area contributed by atoms with Crippen LogP contribution in [0.3, 0.4) is 0 Å². The second kappa shape index (κ2) is 7.07. The summed E-state index contributed by atoms with van der Waals surface area (Å²) in [5, 5.41) is 2.69. The SMILES string of the molecule is CCC(NC(=O)c1cc(Br)cc(S(=O)(=O)Cl)c1F)C(C)C. The Morgan fingerprint density at radius 3 is 2.43 bits per heavy atom. The van der Waals surface area contributed by atoms with Crippen molar-refractivity contribution in [1.29, 1.82) is 0 Å². The molecule has 0 heterocycles. The first-order valence-electron chi connectivity index (χ1n) is 6.32. The highest BCUT2D eigenvalue weighted by atomic mass is 79.9. The van der Waals surface area contributed by atoms with Gasteiger partial charge in [0.15, 0.2) is 5.82 Å². The van der Waals surface area contributed by atoms with Crippen LogP contribution >= 0.6 is 26.6 Å². The molecule has 1 amide bonds. The van der Waals surface area contributed by atoms with Crippen molar-refractivity contribution < 1.29 is 17.6 Å². The summed E-state index contributed by atoms with van der Waals surface area (Å²) in [6.45, 7) is 5.76. The molecule has 0 fully saturated rings. The quantitative estimate of drug-likeness (QED) is 0.767. The van der Waals surface area contributed by atoms with E-state index in [9.17, 15) is 17.6 Å². The molecule has 1 atom stereocenters. The Bertz CT molecular complexity index is 649. The summed E-state index contributed by atoms with van der Waals surface area (Å²) in [5.74, 6) is -1.65. The number of carbonyl (C=O) groups excluding carboxylic acids is 1. The highest BCUT2D eigenvalue weighted by molar-refractivity contribution is 9.10. The van der Waals surface area contributed by atoms with Crippen molar-refractivity contribution in [2.24, 2.45) is 5.92 Å². The third-order valence-electron chi connectivity index (χ3n) is 3.07. The van der Waals surface area contributed by atoms with Gasteiger partial charge >= 0.3 is 0 Å². The summed E-state index contributed by atoms with van der Waals surface area (Å²) in [5.41, 5.74) is -0.359. The van der Waals surface area contributed by atoms with Gasteiger partial charge in [0.25, 0.3) is 15.0 Å². The van der Waals surface area contributed by atoms with Crippen molar-refractivity contribution in [3.63, 3.8) is 0 Å². The smallest absolute Gasteiger partial charge is 0.264 e. The van der Waals surface area contributed by atoms with E-state index in [4.69, 9.17) is 10.7 Å². The van der Waals surface area contributed by atoms with E-state index in [0.717, 1.165) is 6.07 Å². The lowest BCUT2D eigenvalue weighted by Gasteiger charge is -2.21. The van der Waals surface area contributed by atoms with Gasteiger partial charge in [-0.05, 0) is 24.5 Å². The van der Waals surface area contributed by atoms with Crippen LogP contribution < -0.4 is 5.32 Å². The van der Waals surface area contributed by atoms with E-state index in [0.29, 0.717) is 6.42 Å². The first kappa shape index (κ1) is 18.4. The molecule has 8 heteroatoms. The van der Waals surface area contributed by atoms with E-state index >= 15 is 0 Å². The van der Waals surface area contributed by atoms with Crippen LogP contribution in [0.25, 0.3) is 0 Å². The molecule has 0 spiro atoms. The normalized spacial score (nSPS) is 13.3. The number of rotatable bonds is 5. The minimum absolute atomic E-state index is 0.132. The topological polar surface area (TPSA) is 63.2 Å². The lowest BCUT2D eigenvalue weighted by Crippen LogP contribution is -2.38. The molecule has 0 aromatic heterocycles. The summed E-state index contributed by atoms with van der Waals surface area (Å²) >= 11 is 3.05. The van der Waals surface area contributed by atoms with Crippen LogP contribution in [0.15, 0.2) is 21.5 Å². The highest BCUT2D eigenvalue weighted by Crippen LogP contribution is 2.26. The van der Waals surface area contributed by atoms with E-state index in [1.54, 1.807) is 0 Å². The summed E-state index contributed by atoms with van der Waals surface area (Å²) in [7, 11) is 0.900. The molecule has 1 aromatic rings. The molecule has 0 aliphatic heterocycles. The van der Waals surface area contributed by atoms with E-state index < -0.39 is 25.7 Å². The first-order chi connectivity index (χ1) is 9.57. The zero-order valence-corrected chi connectivity index (χ0v) is 14.9. The van der Waals surface area contributed by atoms with Crippen LogP contribution in [-0.4, -0.2) is 20.4 Å². The molecule has 0 radical (unpaired) electrons. The number of nitrogens with one attached hydrogen (secondary N) is 1. The molecule has 118 valence electrons. The van der Waals surface area contributed by atoms with Crippen molar-refractivity contribution in [2.75, 3.05) is 0 Å². The Morgan fingerprint density at radius 2 is 2.00 bits per heavy atom. The summed E-state index contributed by atoms with van der Waals surface area (Å²) in [6, 6.07) is 2.12. The number of carbonyl (C=O) groups is 1. The molecule has 4 nitrogen and oxygen atoms in total. The fourth-order valence-corrected chi connectivity index (χ4v) is 3.43. The summed E-state index contributed by atoms with van der Waals surface area (Å²) < 4.78 is 37.1. The number of amides is 1. The van der Waals surface area contributed by atoms with Gasteiger partial charge in [0.1, 0.15) is 4.90 Å². The molecule has 0 saturated heterocycles. The van der Waals surface area contributed by atoms with Gasteiger partial charge in [0, 0.05) is 21.2 Å². The zero-order chi connectivity index (χ0) is 16.4. The maximum Gasteiger partial charge on any atom is 0.264 e. The number of halogens is 3. The van der Waals surface area contributed by atoms with Gasteiger partial charge in [0.05, 0.1) is 5.56 Å². The standard InChI is InChI=1S/C13H16BrClFNO3S/c1-4-10(7(2)3)17-13(18)9-5-8(14)6-11(12(9)16)21(15,19)20/h5-7,10H,4H2,1-3H3,(H,17,18). The maximum absolute atomic E-state index is 14.2. The number of hydrogen-bond acceptors (Lipinski definition) is 3. The van der Waals surface area contributed by atoms with Gasteiger partial charge in [-0.25, -0.2) is 12.8 Å². The second-order valence-corrected chi connectivity index (χ2v) is 8.39. The minimum Gasteiger partial charge on any atom is -0.349 e. The predicted octanol–water partition coefficient (Wildman–Crippen LogP) is 3.68. The van der Waals surface area contributed by atoms with Crippen molar-refractivity contribution >= 4 is 41.6 Å². The van der Waals surface area contributed by atoms with Gasteiger partial charge < -0.3 is 5.32 Å². The predicted molar refractivity (Wildman–Crippen MR) is 83.5 cm³/mol. The Morgan fingerprint density at radius 1 is 1.43 bits per heavy atom.